The third-order valence-electron chi connectivity index (χ3n) is 2.60. The molecule has 0 aromatic heterocycles. The summed E-state index contributed by atoms with van der Waals surface area (Å²) in [5.41, 5.74) is 6.63. The van der Waals surface area contributed by atoms with Crippen LogP contribution in [0.15, 0.2) is 23.1 Å². The van der Waals surface area contributed by atoms with E-state index in [9.17, 15) is 8.42 Å². The summed E-state index contributed by atoms with van der Waals surface area (Å²) in [5, 5.41) is 3.19. The second kappa shape index (κ2) is 6.23. The Labute approximate surface area is 115 Å². The maximum Gasteiger partial charge on any atom is 0.242 e. The lowest BCUT2D eigenvalue weighted by atomic mass is 10.2. The predicted molar refractivity (Wildman–Crippen MR) is 78.7 cm³/mol. The van der Waals surface area contributed by atoms with Crippen LogP contribution in [0.1, 0.15) is 6.92 Å². The fourth-order valence-corrected chi connectivity index (χ4v) is 2.78. The van der Waals surface area contributed by atoms with Gasteiger partial charge in [0.2, 0.25) is 10.0 Å². The molecule has 1 rings (SSSR count). The van der Waals surface area contributed by atoms with Crippen molar-refractivity contribution in [3.05, 3.63) is 18.2 Å². The molecule has 1 aromatic carbocycles. The van der Waals surface area contributed by atoms with Crippen LogP contribution in [0.5, 0.6) is 0 Å². The Balaban J connectivity index is 3.08. The van der Waals surface area contributed by atoms with Gasteiger partial charge in [-0.3, -0.25) is 0 Å². The molecule has 0 saturated carbocycles. The van der Waals surface area contributed by atoms with E-state index in [4.69, 9.17) is 5.73 Å². The fraction of sp³-hybridized carbons (Fsp3) is 0.500. The van der Waals surface area contributed by atoms with Crippen LogP contribution in [-0.2, 0) is 10.0 Å². The molecule has 7 heteroatoms. The molecule has 0 fully saturated rings. The number of anilines is 2. The first-order valence-corrected chi connectivity index (χ1v) is 7.49. The van der Waals surface area contributed by atoms with Crippen molar-refractivity contribution in [2.75, 3.05) is 38.7 Å². The molecule has 0 saturated heterocycles. The lowest BCUT2D eigenvalue weighted by Crippen LogP contribution is -2.30. The van der Waals surface area contributed by atoms with Gasteiger partial charge < -0.3 is 16.0 Å². The van der Waals surface area contributed by atoms with E-state index in [0.717, 1.165) is 6.54 Å². The molecule has 6 nitrogen and oxygen atoms in total. The summed E-state index contributed by atoms with van der Waals surface area (Å²) in [7, 11) is 1.78. The topological polar surface area (TPSA) is 87.5 Å². The zero-order chi connectivity index (χ0) is 14.6. The molecule has 0 aliphatic heterocycles. The molecular weight excluding hydrogens is 264 g/mol. The molecule has 0 aliphatic rings. The van der Waals surface area contributed by atoms with Crippen molar-refractivity contribution in [1.82, 2.24) is 9.62 Å². The monoisotopic (exact) mass is 286 g/mol. The van der Waals surface area contributed by atoms with Gasteiger partial charge in [0.05, 0.1) is 5.69 Å². The zero-order valence-corrected chi connectivity index (χ0v) is 12.6. The van der Waals surface area contributed by atoms with E-state index in [2.05, 4.69) is 10.0 Å². The molecule has 108 valence electrons. The Morgan fingerprint density at radius 1 is 1.37 bits per heavy atom. The molecule has 1 aromatic rings. The first kappa shape index (κ1) is 15.7. The number of likely N-dealkylation sites (N-methyl/N-ethyl adjacent to an activating group) is 1. The smallest absolute Gasteiger partial charge is 0.242 e. The van der Waals surface area contributed by atoms with Gasteiger partial charge in [0, 0.05) is 18.3 Å². The van der Waals surface area contributed by atoms with Gasteiger partial charge in [-0.1, -0.05) is 0 Å². The lowest BCUT2D eigenvalue weighted by Gasteiger charge is -2.21. The number of hydrogen-bond donors (Lipinski definition) is 3. The van der Waals surface area contributed by atoms with Gasteiger partial charge in [0.1, 0.15) is 4.90 Å². The van der Waals surface area contributed by atoms with E-state index in [1.807, 2.05) is 25.9 Å². The first-order chi connectivity index (χ1) is 8.76. The van der Waals surface area contributed by atoms with Crippen molar-refractivity contribution in [1.29, 1.82) is 0 Å². The number of nitrogens with two attached hydrogens (primary N) is 1. The van der Waals surface area contributed by atoms with E-state index >= 15 is 0 Å². The van der Waals surface area contributed by atoms with Crippen molar-refractivity contribution in [2.24, 2.45) is 0 Å². The average Bonchev–Trinajstić information content (AvgIpc) is 2.30. The highest BCUT2D eigenvalue weighted by Gasteiger charge is 2.18. The van der Waals surface area contributed by atoms with Crippen LogP contribution < -0.4 is 15.8 Å². The number of benzene rings is 1. The second-order valence-corrected chi connectivity index (χ2v) is 6.63. The minimum atomic E-state index is -3.53. The van der Waals surface area contributed by atoms with Crippen LogP contribution in [0.4, 0.5) is 11.4 Å². The Hall–Kier alpha value is -1.31. The first-order valence-electron chi connectivity index (χ1n) is 6.00. The van der Waals surface area contributed by atoms with Crippen LogP contribution >= 0.6 is 0 Å². The minimum Gasteiger partial charge on any atom is -0.399 e. The molecule has 0 aliphatic carbocycles. The Morgan fingerprint density at radius 3 is 2.53 bits per heavy atom. The summed E-state index contributed by atoms with van der Waals surface area (Å²) in [5.74, 6) is 0. The Bertz CT molecular complexity index is 529. The number of nitrogens with one attached hydrogen (secondary N) is 2. The normalized spacial score (nSPS) is 13.5. The van der Waals surface area contributed by atoms with Gasteiger partial charge in [-0.15, -0.1) is 0 Å². The summed E-state index contributed by atoms with van der Waals surface area (Å²) in [6.45, 7) is 2.79. The molecule has 1 unspecified atom stereocenters. The molecule has 1 atom stereocenters. The van der Waals surface area contributed by atoms with Crippen LogP contribution in [0.2, 0.25) is 0 Å². The maximum absolute atomic E-state index is 12.0. The number of nitrogen functional groups attached to an aromatic ring is 1. The molecule has 0 spiro atoms. The van der Waals surface area contributed by atoms with Crippen LogP contribution in [0, 0.1) is 0 Å². The highest BCUT2D eigenvalue weighted by molar-refractivity contribution is 7.89. The van der Waals surface area contributed by atoms with E-state index in [1.54, 1.807) is 12.1 Å². The average molecular weight is 286 g/mol. The predicted octanol–water partition coefficient (Wildman–Crippen LogP) is 0.539. The fourth-order valence-electron chi connectivity index (χ4n) is 1.85. The van der Waals surface area contributed by atoms with Crippen LogP contribution in [0.3, 0.4) is 0 Å². The number of sulfonamides is 1. The molecule has 0 amide bonds. The van der Waals surface area contributed by atoms with Gasteiger partial charge in [-0.25, -0.2) is 13.1 Å². The van der Waals surface area contributed by atoms with Crippen LogP contribution in [-0.4, -0.2) is 47.0 Å². The minimum absolute atomic E-state index is 0.115. The molecule has 4 N–H and O–H groups in total. The molecule has 0 heterocycles. The Kier molecular flexibility index (Phi) is 5.16. The highest BCUT2D eigenvalue weighted by atomic mass is 32.2. The summed E-state index contributed by atoms with van der Waals surface area (Å²) in [6, 6.07) is 4.94. The van der Waals surface area contributed by atoms with Crippen molar-refractivity contribution in [3.8, 4) is 0 Å². The van der Waals surface area contributed by atoms with E-state index in [0.29, 0.717) is 11.4 Å². The van der Waals surface area contributed by atoms with Crippen molar-refractivity contribution < 1.29 is 8.42 Å². The van der Waals surface area contributed by atoms with E-state index < -0.39 is 10.0 Å². The largest absolute Gasteiger partial charge is 0.399 e. The van der Waals surface area contributed by atoms with Gasteiger partial charge in [-0.2, -0.15) is 0 Å². The molecule has 0 radical (unpaired) electrons. The van der Waals surface area contributed by atoms with Gasteiger partial charge >= 0.3 is 0 Å². The molecular formula is C12H22N4O2S. The van der Waals surface area contributed by atoms with Crippen molar-refractivity contribution in [3.63, 3.8) is 0 Å². The lowest BCUT2D eigenvalue weighted by molar-refractivity contribution is 0.392. The quantitative estimate of drug-likeness (QED) is 0.664. The van der Waals surface area contributed by atoms with Crippen molar-refractivity contribution in [2.45, 2.75) is 17.9 Å². The third kappa shape index (κ3) is 4.38. The van der Waals surface area contributed by atoms with Crippen molar-refractivity contribution >= 4 is 21.4 Å². The summed E-state index contributed by atoms with van der Waals surface area (Å²) in [4.78, 5) is 2.20. The zero-order valence-electron chi connectivity index (χ0n) is 11.8. The second-order valence-electron chi connectivity index (χ2n) is 4.77. The van der Waals surface area contributed by atoms with Gasteiger partial charge in [-0.05, 0) is 46.3 Å². The summed E-state index contributed by atoms with van der Waals surface area (Å²) in [6.07, 6.45) is 0. The summed E-state index contributed by atoms with van der Waals surface area (Å²) >= 11 is 0. The molecule has 0 bridgehead atoms. The van der Waals surface area contributed by atoms with E-state index in [1.165, 1.54) is 13.1 Å². The van der Waals surface area contributed by atoms with E-state index in [-0.39, 0.29) is 10.9 Å². The molecule has 19 heavy (non-hydrogen) atoms. The standard InChI is InChI=1S/C12H22N4O2S/c1-9(8-16(3)4)15-11-6-5-10(13)7-12(11)19(17,18)14-2/h5-7,9,14-15H,8,13H2,1-4H3. The number of rotatable bonds is 6. The van der Waals surface area contributed by atoms with Crippen LogP contribution in [0.25, 0.3) is 0 Å². The maximum atomic E-state index is 12.0. The third-order valence-corrected chi connectivity index (χ3v) is 4.06. The van der Waals surface area contributed by atoms with Gasteiger partial charge in [0.25, 0.3) is 0 Å². The SMILES string of the molecule is CNS(=O)(=O)c1cc(N)ccc1NC(C)CN(C)C. The Morgan fingerprint density at radius 2 is 2.00 bits per heavy atom. The van der Waals surface area contributed by atoms with Gasteiger partial charge in [0.15, 0.2) is 0 Å². The number of hydrogen-bond acceptors (Lipinski definition) is 5. The highest BCUT2D eigenvalue weighted by Crippen LogP contribution is 2.24. The number of nitrogens with zero attached hydrogens (tertiary/aromatic N) is 1. The summed E-state index contributed by atoms with van der Waals surface area (Å²) < 4.78 is 26.2.